The SMILES string of the molecule is O=COc1ccc([C@@H](O)CNCCc2ccc3c(c2)O[C@H](COCCCc2c(Cl)cccc2Cl)CO3)cc1CO. The third kappa shape index (κ3) is 8.33. The quantitative estimate of drug-likeness (QED) is 0.173. The topological polar surface area (TPSA) is 106 Å². The molecule has 0 unspecified atom stereocenters. The number of carbonyl (C=O) groups is 1. The van der Waals surface area contributed by atoms with Gasteiger partial charge in [-0.15, -0.1) is 0 Å². The van der Waals surface area contributed by atoms with Gasteiger partial charge in [0.1, 0.15) is 12.4 Å². The van der Waals surface area contributed by atoms with E-state index in [4.69, 9.17) is 42.1 Å². The maximum absolute atomic E-state index is 10.6. The predicted octanol–water partition coefficient (Wildman–Crippen LogP) is 4.68. The standard InChI is InChI=1S/C30H33Cl2NO7/c31-25-4-1-5-26(32)24(25)3-2-12-37-17-23-18-38-29-8-6-20(13-30(29)40-23)10-11-33-15-27(36)21-7-9-28(39-19-35)22(14-21)16-34/h1,4-9,13-14,19,23,27,33-34,36H,2-3,10-12,15-18H2/t23-,27+/m1/s1. The lowest BCUT2D eigenvalue weighted by Crippen LogP contribution is -2.33. The average molecular weight is 591 g/mol. The zero-order valence-corrected chi connectivity index (χ0v) is 23.5. The van der Waals surface area contributed by atoms with Crippen LogP contribution in [0, 0.1) is 0 Å². The monoisotopic (exact) mass is 589 g/mol. The molecule has 8 nitrogen and oxygen atoms in total. The molecule has 10 heteroatoms. The number of fused-ring (bicyclic) bond motifs is 1. The minimum atomic E-state index is -0.779. The van der Waals surface area contributed by atoms with Crippen LogP contribution in [0.1, 0.15) is 34.8 Å². The summed E-state index contributed by atoms with van der Waals surface area (Å²) in [5.74, 6) is 1.67. The molecule has 0 fully saturated rings. The number of rotatable bonds is 15. The highest BCUT2D eigenvalue weighted by Gasteiger charge is 2.21. The fraction of sp³-hybridized carbons (Fsp3) is 0.367. The molecule has 214 valence electrons. The molecule has 0 bridgehead atoms. The van der Waals surface area contributed by atoms with Crippen LogP contribution in [-0.4, -0.2) is 55.7 Å². The van der Waals surface area contributed by atoms with Gasteiger partial charge in [-0.2, -0.15) is 0 Å². The van der Waals surface area contributed by atoms with Crippen LogP contribution in [0.2, 0.25) is 10.0 Å². The molecule has 4 rings (SSSR count). The van der Waals surface area contributed by atoms with Crippen molar-refractivity contribution in [2.75, 3.05) is 32.9 Å². The molecule has 0 spiro atoms. The fourth-order valence-corrected chi connectivity index (χ4v) is 5.01. The summed E-state index contributed by atoms with van der Waals surface area (Å²) in [4.78, 5) is 10.6. The Bertz CT molecular complexity index is 1250. The van der Waals surface area contributed by atoms with Crippen molar-refractivity contribution in [1.29, 1.82) is 0 Å². The first-order chi connectivity index (χ1) is 19.5. The van der Waals surface area contributed by atoms with Crippen LogP contribution in [0.5, 0.6) is 17.2 Å². The largest absolute Gasteiger partial charge is 0.486 e. The average Bonchev–Trinajstić information content (AvgIpc) is 2.96. The molecule has 3 aromatic rings. The summed E-state index contributed by atoms with van der Waals surface area (Å²) < 4.78 is 22.7. The van der Waals surface area contributed by atoms with E-state index in [2.05, 4.69) is 5.32 Å². The summed E-state index contributed by atoms with van der Waals surface area (Å²) in [6.45, 7) is 2.36. The number of aliphatic hydroxyl groups excluding tert-OH is 2. The second-order valence-electron chi connectivity index (χ2n) is 9.42. The van der Waals surface area contributed by atoms with Gasteiger partial charge in [-0.05, 0) is 78.9 Å². The van der Waals surface area contributed by atoms with Crippen LogP contribution < -0.4 is 19.5 Å². The van der Waals surface area contributed by atoms with Crippen molar-refractivity contribution < 1.29 is 34.0 Å². The first-order valence-corrected chi connectivity index (χ1v) is 13.9. The van der Waals surface area contributed by atoms with Crippen LogP contribution in [0.15, 0.2) is 54.6 Å². The third-order valence-corrected chi connectivity index (χ3v) is 7.26. The second-order valence-corrected chi connectivity index (χ2v) is 10.2. The Morgan fingerprint density at radius 2 is 1.90 bits per heavy atom. The van der Waals surface area contributed by atoms with E-state index in [1.165, 1.54) is 0 Å². The molecule has 1 aliphatic heterocycles. The van der Waals surface area contributed by atoms with Crippen molar-refractivity contribution >= 4 is 29.7 Å². The van der Waals surface area contributed by atoms with Gasteiger partial charge in [-0.3, -0.25) is 4.79 Å². The van der Waals surface area contributed by atoms with Crippen LogP contribution >= 0.6 is 23.2 Å². The molecule has 0 aromatic heterocycles. The number of carbonyl (C=O) groups excluding carboxylic acids is 1. The molecule has 3 aromatic carbocycles. The molecular weight excluding hydrogens is 557 g/mol. The highest BCUT2D eigenvalue weighted by atomic mass is 35.5. The normalized spacial score (nSPS) is 15.1. The lowest BCUT2D eigenvalue weighted by atomic mass is 10.0. The van der Waals surface area contributed by atoms with Crippen LogP contribution in [0.4, 0.5) is 0 Å². The molecule has 1 aliphatic rings. The number of hydrogen-bond donors (Lipinski definition) is 3. The lowest BCUT2D eigenvalue weighted by Gasteiger charge is -2.27. The fourth-order valence-electron chi connectivity index (χ4n) is 4.42. The maximum Gasteiger partial charge on any atom is 0.298 e. The molecule has 0 saturated heterocycles. The van der Waals surface area contributed by atoms with Crippen molar-refractivity contribution in [3.8, 4) is 17.2 Å². The van der Waals surface area contributed by atoms with Crippen molar-refractivity contribution in [2.24, 2.45) is 0 Å². The van der Waals surface area contributed by atoms with E-state index in [0.29, 0.717) is 72.1 Å². The van der Waals surface area contributed by atoms with Gasteiger partial charge in [0, 0.05) is 28.8 Å². The van der Waals surface area contributed by atoms with Crippen molar-refractivity contribution in [3.05, 3.63) is 86.9 Å². The Kier molecular flexibility index (Phi) is 11.5. The molecule has 1 heterocycles. The molecule has 0 saturated carbocycles. The number of nitrogens with one attached hydrogen (secondary N) is 1. The summed E-state index contributed by atoms with van der Waals surface area (Å²) in [6, 6.07) is 16.2. The smallest absolute Gasteiger partial charge is 0.298 e. The van der Waals surface area contributed by atoms with Gasteiger partial charge >= 0.3 is 0 Å². The van der Waals surface area contributed by atoms with Crippen LogP contribution in [0.25, 0.3) is 0 Å². The maximum atomic E-state index is 10.6. The Morgan fingerprint density at radius 1 is 1.07 bits per heavy atom. The van der Waals surface area contributed by atoms with Crippen LogP contribution in [0.3, 0.4) is 0 Å². The highest BCUT2D eigenvalue weighted by molar-refractivity contribution is 6.35. The van der Waals surface area contributed by atoms with Crippen molar-refractivity contribution in [1.82, 2.24) is 5.32 Å². The van der Waals surface area contributed by atoms with Gasteiger partial charge in [0.2, 0.25) is 0 Å². The second kappa shape index (κ2) is 15.2. The Balaban J connectivity index is 1.18. The molecule has 0 amide bonds. The first kappa shape index (κ1) is 30.1. The summed E-state index contributed by atoms with van der Waals surface area (Å²) in [5.41, 5.74) is 3.06. The van der Waals surface area contributed by atoms with Gasteiger partial charge in [0.05, 0.1) is 19.3 Å². The molecular formula is C30H33Cl2NO7. The van der Waals surface area contributed by atoms with Gasteiger partial charge < -0.3 is 34.5 Å². The van der Waals surface area contributed by atoms with Crippen molar-refractivity contribution in [3.63, 3.8) is 0 Å². The predicted molar refractivity (Wildman–Crippen MR) is 153 cm³/mol. The van der Waals surface area contributed by atoms with Gasteiger partial charge in [-0.25, -0.2) is 0 Å². The Hall–Kier alpha value is -2.85. The Labute approximate surface area is 243 Å². The van der Waals surface area contributed by atoms with E-state index >= 15 is 0 Å². The zero-order valence-electron chi connectivity index (χ0n) is 22.0. The number of aliphatic hydroxyl groups is 2. The summed E-state index contributed by atoms with van der Waals surface area (Å²) in [5, 5.41) is 24.6. The molecule has 3 N–H and O–H groups in total. The Morgan fingerprint density at radius 3 is 2.67 bits per heavy atom. The zero-order chi connectivity index (χ0) is 28.3. The number of ether oxygens (including phenoxy) is 4. The molecule has 2 atom stereocenters. The van der Waals surface area contributed by atoms with E-state index in [1.54, 1.807) is 18.2 Å². The van der Waals surface area contributed by atoms with E-state index in [-0.39, 0.29) is 18.5 Å². The van der Waals surface area contributed by atoms with Crippen LogP contribution in [-0.2, 0) is 29.0 Å². The molecule has 0 aliphatic carbocycles. The summed E-state index contributed by atoms with van der Waals surface area (Å²) in [7, 11) is 0. The van der Waals surface area contributed by atoms with E-state index in [0.717, 1.165) is 30.4 Å². The first-order valence-electron chi connectivity index (χ1n) is 13.1. The van der Waals surface area contributed by atoms with E-state index in [1.807, 2.05) is 36.4 Å². The minimum absolute atomic E-state index is 0.202. The third-order valence-electron chi connectivity index (χ3n) is 6.55. The van der Waals surface area contributed by atoms with E-state index in [9.17, 15) is 15.0 Å². The number of benzene rings is 3. The minimum Gasteiger partial charge on any atom is -0.486 e. The van der Waals surface area contributed by atoms with Crippen molar-refractivity contribution in [2.45, 2.75) is 38.1 Å². The van der Waals surface area contributed by atoms with Gasteiger partial charge in [0.25, 0.3) is 6.47 Å². The number of halogens is 2. The summed E-state index contributed by atoms with van der Waals surface area (Å²) >= 11 is 12.5. The summed E-state index contributed by atoms with van der Waals surface area (Å²) in [6.07, 6.45) is 1.28. The molecule has 40 heavy (non-hydrogen) atoms. The highest BCUT2D eigenvalue weighted by Crippen LogP contribution is 2.33. The lowest BCUT2D eigenvalue weighted by molar-refractivity contribution is -0.120. The van der Waals surface area contributed by atoms with E-state index < -0.39 is 6.10 Å². The van der Waals surface area contributed by atoms with Gasteiger partial charge in [0.15, 0.2) is 17.6 Å². The van der Waals surface area contributed by atoms with Gasteiger partial charge in [-0.1, -0.05) is 41.4 Å². The molecule has 0 radical (unpaired) electrons. The number of hydrogen-bond acceptors (Lipinski definition) is 8.